The fourth-order valence-electron chi connectivity index (χ4n) is 11.8. The third kappa shape index (κ3) is 9.17. The molecule has 13 aromatic carbocycles. The van der Waals surface area contributed by atoms with Gasteiger partial charge in [0.15, 0.2) is 0 Å². The van der Waals surface area contributed by atoms with Crippen LogP contribution in [0.15, 0.2) is 320 Å². The molecule has 2 heterocycles. The van der Waals surface area contributed by atoms with Gasteiger partial charge in [0.2, 0.25) is 0 Å². The molecule has 0 saturated carbocycles. The molecule has 0 fully saturated rings. The molecular formula is C78H52N2OS. The Labute approximate surface area is 481 Å². The number of fused-ring (bicyclic) bond motifs is 6. The summed E-state index contributed by atoms with van der Waals surface area (Å²) in [5.41, 5.74) is 22.6. The lowest BCUT2D eigenvalue weighted by Crippen LogP contribution is -2.10. The first-order chi connectivity index (χ1) is 40.6. The average Bonchev–Trinajstić information content (AvgIpc) is 4.27. The molecular weight excluding hydrogens is 1010 g/mol. The molecule has 0 aliphatic rings. The van der Waals surface area contributed by atoms with Gasteiger partial charge in [-0.05, 0) is 170 Å². The summed E-state index contributed by atoms with van der Waals surface area (Å²) < 4.78 is 8.71. The third-order valence-electron chi connectivity index (χ3n) is 15.9. The zero-order chi connectivity index (χ0) is 54.3. The number of thiophene rings is 1. The van der Waals surface area contributed by atoms with Crippen molar-refractivity contribution in [2.24, 2.45) is 0 Å². The van der Waals surface area contributed by atoms with E-state index in [1.165, 1.54) is 64.7 Å². The number of nitrogens with zero attached hydrogens (tertiary/aromatic N) is 2. The number of hydrogen-bond acceptors (Lipinski definition) is 4. The molecule has 4 heteroatoms. The van der Waals surface area contributed by atoms with Gasteiger partial charge >= 0.3 is 0 Å². The second kappa shape index (κ2) is 20.9. The Morgan fingerprint density at radius 1 is 0.220 bits per heavy atom. The quantitative estimate of drug-likeness (QED) is 0.122. The lowest BCUT2D eigenvalue weighted by molar-refractivity contribution is 0.669. The lowest BCUT2D eigenvalue weighted by Gasteiger charge is -2.26. The zero-order valence-corrected chi connectivity index (χ0v) is 45.5. The van der Waals surface area contributed by atoms with Crippen LogP contribution in [0.25, 0.3) is 109 Å². The Hall–Kier alpha value is -10.5. The summed E-state index contributed by atoms with van der Waals surface area (Å²) >= 11 is 1.86. The molecule has 0 aliphatic carbocycles. The van der Waals surface area contributed by atoms with Crippen molar-refractivity contribution in [3.05, 3.63) is 315 Å². The van der Waals surface area contributed by atoms with E-state index in [1.54, 1.807) is 0 Å². The summed E-state index contributed by atoms with van der Waals surface area (Å²) in [6.45, 7) is 0. The summed E-state index contributed by atoms with van der Waals surface area (Å²) in [4.78, 5) is 4.72. The van der Waals surface area contributed by atoms with Crippen LogP contribution in [0.4, 0.5) is 34.1 Å². The summed E-state index contributed by atoms with van der Waals surface area (Å²) in [6, 6.07) is 114. The molecule has 0 unspecified atom stereocenters. The number of furan rings is 1. The maximum Gasteiger partial charge on any atom is 0.135 e. The van der Waals surface area contributed by atoms with E-state index in [0.29, 0.717) is 0 Å². The van der Waals surface area contributed by atoms with Gasteiger partial charge in [0.25, 0.3) is 0 Å². The third-order valence-corrected chi connectivity index (χ3v) is 17.0. The van der Waals surface area contributed by atoms with Crippen LogP contribution in [-0.4, -0.2) is 0 Å². The molecule has 0 atom stereocenters. The topological polar surface area (TPSA) is 19.6 Å². The molecule has 0 amide bonds. The van der Waals surface area contributed by atoms with Crippen molar-refractivity contribution in [3.8, 4) is 66.8 Å². The highest BCUT2D eigenvalue weighted by Gasteiger charge is 2.19. The van der Waals surface area contributed by atoms with Crippen LogP contribution in [0, 0.1) is 0 Å². The van der Waals surface area contributed by atoms with E-state index in [9.17, 15) is 0 Å². The normalized spacial score (nSPS) is 11.4. The van der Waals surface area contributed by atoms with Gasteiger partial charge < -0.3 is 14.2 Å². The smallest absolute Gasteiger partial charge is 0.135 e. The van der Waals surface area contributed by atoms with Crippen LogP contribution in [0.3, 0.4) is 0 Å². The molecule has 386 valence electrons. The predicted octanol–water partition coefficient (Wildman–Crippen LogP) is 22.9. The number of benzene rings is 13. The summed E-state index contributed by atoms with van der Waals surface area (Å²) in [5, 5.41) is 4.81. The van der Waals surface area contributed by atoms with Gasteiger partial charge in [-0.1, -0.05) is 212 Å². The zero-order valence-electron chi connectivity index (χ0n) is 44.7. The highest BCUT2D eigenvalue weighted by Crippen LogP contribution is 2.45. The largest absolute Gasteiger partial charge is 0.456 e. The van der Waals surface area contributed by atoms with Crippen LogP contribution < -0.4 is 9.80 Å². The molecule has 0 aliphatic heterocycles. The second-order valence-corrected chi connectivity index (χ2v) is 21.9. The summed E-state index contributed by atoms with van der Waals surface area (Å²) in [7, 11) is 0. The first kappa shape index (κ1) is 48.6. The highest BCUT2D eigenvalue weighted by atomic mass is 32.1. The standard InChI is InChI=1S/C78H52N2OS/c1-4-15-53(16-5-1)56-33-40-65(41-34-56)79(64-22-8-3-9-23-64)69-46-47-72-77(52-69)82-76-28-14-26-70(78(72)76)59-31-29-55(30-32-59)57-35-42-66(43-36-57)80(68-24-13-21-62(50-68)61-20-12-19-60(49-61)54-17-6-2-7-18-54)67-44-37-58(38-45-67)63-39-48-75-73(51-63)71-25-10-11-27-74(71)81-75/h1-52H. The van der Waals surface area contributed by atoms with Gasteiger partial charge in [0.1, 0.15) is 11.2 Å². The van der Waals surface area contributed by atoms with E-state index in [0.717, 1.165) is 78.3 Å². The van der Waals surface area contributed by atoms with Gasteiger partial charge in [0.05, 0.1) is 0 Å². The lowest BCUT2D eigenvalue weighted by atomic mass is 9.96. The molecule has 15 rings (SSSR count). The van der Waals surface area contributed by atoms with Crippen LogP contribution >= 0.6 is 11.3 Å². The monoisotopic (exact) mass is 1060 g/mol. The van der Waals surface area contributed by atoms with E-state index in [4.69, 9.17) is 4.42 Å². The van der Waals surface area contributed by atoms with Crippen molar-refractivity contribution in [1.29, 1.82) is 0 Å². The van der Waals surface area contributed by atoms with Crippen molar-refractivity contribution < 1.29 is 4.42 Å². The second-order valence-electron chi connectivity index (χ2n) is 20.9. The molecule has 3 nitrogen and oxygen atoms in total. The minimum atomic E-state index is 0.898. The Bertz CT molecular complexity index is 4760. The first-order valence-electron chi connectivity index (χ1n) is 27.9. The van der Waals surface area contributed by atoms with E-state index < -0.39 is 0 Å². The van der Waals surface area contributed by atoms with Crippen LogP contribution in [0.2, 0.25) is 0 Å². The molecule has 0 spiro atoms. The van der Waals surface area contributed by atoms with E-state index in [1.807, 2.05) is 23.5 Å². The highest BCUT2D eigenvalue weighted by molar-refractivity contribution is 7.26. The van der Waals surface area contributed by atoms with Crippen LogP contribution in [0.5, 0.6) is 0 Å². The Balaban J connectivity index is 0.743. The van der Waals surface area contributed by atoms with E-state index in [-0.39, 0.29) is 0 Å². The Morgan fingerprint density at radius 2 is 0.622 bits per heavy atom. The van der Waals surface area contributed by atoms with E-state index in [2.05, 4.69) is 313 Å². The summed E-state index contributed by atoms with van der Waals surface area (Å²) in [6.07, 6.45) is 0. The van der Waals surface area contributed by atoms with Gasteiger partial charge in [-0.3, -0.25) is 0 Å². The number of anilines is 6. The molecule has 0 radical (unpaired) electrons. The Kier molecular flexibility index (Phi) is 12.4. The molecule has 0 saturated heterocycles. The summed E-state index contributed by atoms with van der Waals surface area (Å²) in [5.74, 6) is 0. The fraction of sp³-hybridized carbons (Fsp3) is 0. The first-order valence-corrected chi connectivity index (χ1v) is 28.7. The van der Waals surface area contributed by atoms with Crippen LogP contribution in [-0.2, 0) is 0 Å². The van der Waals surface area contributed by atoms with Gasteiger partial charge in [-0.25, -0.2) is 0 Å². The van der Waals surface area contributed by atoms with Crippen molar-refractivity contribution >= 4 is 87.6 Å². The number of para-hydroxylation sites is 2. The average molecular weight is 1070 g/mol. The maximum absolute atomic E-state index is 6.18. The predicted molar refractivity (Wildman–Crippen MR) is 349 cm³/mol. The molecule has 82 heavy (non-hydrogen) atoms. The van der Waals surface area contributed by atoms with Crippen LogP contribution in [0.1, 0.15) is 0 Å². The molecule has 15 aromatic rings. The van der Waals surface area contributed by atoms with Crippen molar-refractivity contribution in [1.82, 2.24) is 0 Å². The molecule has 2 aromatic heterocycles. The molecule has 0 bridgehead atoms. The number of rotatable bonds is 12. The van der Waals surface area contributed by atoms with Gasteiger partial charge in [-0.15, -0.1) is 11.3 Å². The maximum atomic E-state index is 6.18. The van der Waals surface area contributed by atoms with E-state index >= 15 is 0 Å². The van der Waals surface area contributed by atoms with Gasteiger partial charge in [0, 0.05) is 65.1 Å². The minimum Gasteiger partial charge on any atom is -0.456 e. The van der Waals surface area contributed by atoms with Crippen molar-refractivity contribution in [3.63, 3.8) is 0 Å². The van der Waals surface area contributed by atoms with Crippen molar-refractivity contribution in [2.75, 3.05) is 9.80 Å². The number of hydrogen-bond donors (Lipinski definition) is 0. The fourth-order valence-corrected chi connectivity index (χ4v) is 13.0. The van der Waals surface area contributed by atoms with Crippen molar-refractivity contribution in [2.45, 2.75) is 0 Å². The van der Waals surface area contributed by atoms with Gasteiger partial charge in [-0.2, -0.15) is 0 Å². The Morgan fingerprint density at radius 3 is 1.27 bits per heavy atom. The SMILES string of the molecule is c1ccc(-c2ccc(N(c3ccccc3)c3ccc4c(c3)sc3cccc(-c5ccc(-c6ccc(N(c7ccc(-c8ccc9oc%10ccccc%10c9c8)cc7)c7cccc(-c8cccc(-c9ccccc9)c8)c7)cc6)cc5)c34)cc2)cc1. The molecule has 0 N–H and O–H groups in total. The minimum absolute atomic E-state index is 0.898.